The largest absolute Gasteiger partial charge is 0.322 e. The molecule has 0 radical (unpaired) electrons. The number of aliphatic imine (C=N–C) groups is 1. The normalized spacial score (nSPS) is 15.8. The molecule has 0 bridgehead atoms. The maximum atomic E-state index is 12.4. The van der Waals surface area contributed by atoms with Gasteiger partial charge >= 0.3 is 0 Å². The first-order valence-electron chi connectivity index (χ1n) is 8.25. The van der Waals surface area contributed by atoms with Gasteiger partial charge in [-0.05, 0) is 17.5 Å². The summed E-state index contributed by atoms with van der Waals surface area (Å²) in [5.74, 6) is 0.171. The van der Waals surface area contributed by atoms with Gasteiger partial charge < -0.3 is 4.90 Å². The van der Waals surface area contributed by atoms with Gasteiger partial charge in [-0.2, -0.15) is 4.98 Å². The zero-order valence-corrected chi connectivity index (χ0v) is 16.3. The number of halogens is 1. The highest BCUT2D eigenvalue weighted by molar-refractivity contribution is 8.16. The third kappa shape index (κ3) is 3.11. The Morgan fingerprint density at radius 2 is 2.15 bits per heavy atom. The van der Waals surface area contributed by atoms with E-state index in [2.05, 4.69) is 25.3 Å². The second-order valence-corrected chi connectivity index (χ2v) is 8.14. The molecule has 1 aromatic carbocycles. The number of thiazole rings is 1. The number of carbonyl (C=O) groups excluding carboxylic acids is 1. The number of amides is 1. The van der Waals surface area contributed by atoms with Gasteiger partial charge in [-0.15, -0.1) is 16.4 Å². The molecular formula is C17H13ClN6OS2. The minimum Gasteiger partial charge on any atom is -0.322 e. The van der Waals surface area contributed by atoms with Crippen LogP contribution in [0.15, 0.2) is 45.7 Å². The van der Waals surface area contributed by atoms with Crippen molar-refractivity contribution in [2.24, 2.45) is 4.99 Å². The van der Waals surface area contributed by atoms with Crippen LogP contribution in [0.2, 0.25) is 5.02 Å². The molecule has 0 saturated carbocycles. The number of thioether (sulfide) groups is 1. The van der Waals surface area contributed by atoms with Gasteiger partial charge in [0.15, 0.2) is 5.17 Å². The van der Waals surface area contributed by atoms with Crippen LogP contribution in [-0.4, -0.2) is 43.7 Å². The van der Waals surface area contributed by atoms with Gasteiger partial charge in [0, 0.05) is 28.2 Å². The summed E-state index contributed by atoms with van der Waals surface area (Å²) in [6.45, 7) is 1.62. The fourth-order valence-corrected chi connectivity index (χ4v) is 4.91. The van der Waals surface area contributed by atoms with Crippen molar-refractivity contribution in [3.63, 3.8) is 0 Å². The monoisotopic (exact) mass is 416 g/mol. The Kier molecular flexibility index (Phi) is 4.14. The maximum Gasteiger partial charge on any atom is 0.250 e. The predicted molar refractivity (Wildman–Crippen MR) is 109 cm³/mol. The van der Waals surface area contributed by atoms with Crippen molar-refractivity contribution in [1.29, 1.82) is 0 Å². The summed E-state index contributed by atoms with van der Waals surface area (Å²) >= 11 is 9.00. The van der Waals surface area contributed by atoms with Gasteiger partial charge in [-0.3, -0.25) is 15.1 Å². The van der Waals surface area contributed by atoms with E-state index in [1.807, 2.05) is 35.1 Å². The van der Waals surface area contributed by atoms with E-state index in [9.17, 15) is 4.79 Å². The summed E-state index contributed by atoms with van der Waals surface area (Å²) in [6.07, 6.45) is 0.281. The van der Waals surface area contributed by atoms with Crippen molar-refractivity contribution in [3.8, 4) is 11.3 Å². The first-order valence-corrected chi connectivity index (χ1v) is 10.4. The fourth-order valence-electron chi connectivity index (χ4n) is 3.00. The third-order valence-corrected chi connectivity index (χ3v) is 6.28. The molecule has 5 rings (SSSR count). The maximum absolute atomic E-state index is 12.4. The lowest BCUT2D eigenvalue weighted by atomic mass is 10.2. The number of hydrogen-bond donors (Lipinski definition) is 1. The first-order chi connectivity index (χ1) is 13.2. The van der Waals surface area contributed by atoms with E-state index in [1.165, 1.54) is 11.3 Å². The molecule has 0 aliphatic carbocycles. The van der Waals surface area contributed by atoms with Crippen LogP contribution >= 0.6 is 34.7 Å². The number of anilines is 1. The van der Waals surface area contributed by atoms with Crippen molar-refractivity contribution < 1.29 is 4.79 Å². The zero-order chi connectivity index (χ0) is 18.4. The van der Waals surface area contributed by atoms with Crippen LogP contribution < -0.4 is 5.32 Å². The van der Waals surface area contributed by atoms with Crippen LogP contribution in [0.4, 0.5) is 5.95 Å². The van der Waals surface area contributed by atoms with Crippen LogP contribution in [0.3, 0.4) is 0 Å². The molecule has 2 aliphatic rings. The quantitative estimate of drug-likeness (QED) is 0.701. The molecule has 0 fully saturated rings. The van der Waals surface area contributed by atoms with Crippen molar-refractivity contribution >= 4 is 56.7 Å². The molecule has 0 atom stereocenters. The van der Waals surface area contributed by atoms with Crippen molar-refractivity contribution in [2.45, 2.75) is 6.42 Å². The summed E-state index contributed by atoms with van der Waals surface area (Å²) in [4.78, 5) is 24.0. The molecule has 136 valence electrons. The number of amidine groups is 1. The Labute approximate surface area is 167 Å². The molecule has 0 saturated heterocycles. The Bertz CT molecular complexity index is 1100. The summed E-state index contributed by atoms with van der Waals surface area (Å²) in [5.41, 5.74) is 2.87. The minimum absolute atomic E-state index is 0.138. The van der Waals surface area contributed by atoms with E-state index < -0.39 is 0 Å². The Morgan fingerprint density at radius 1 is 1.30 bits per heavy atom. The second-order valence-electron chi connectivity index (χ2n) is 6.03. The van der Waals surface area contributed by atoms with Gasteiger partial charge in [-0.1, -0.05) is 35.5 Å². The number of fused-ring (bicyclic) bond motifs is 2. The molecule has 7 nitrogen and oxygen atoms in total. The van der Waals surface area contributed by atoms with Crippen LogP contribution in [0, 0.1) is 0 Å². The topological polar surface area (TPSA) is 74.9 Å². The van der Waals surface area contributed by atoms with E-state index in [4.69, 9.17) is 11.6 Å². The molecule has 0 unspecified atom stereocenters. The molecule has 4 heterocycles. The van der Waals surface area contributed by atoms with Crippen LogP contribution in [0.1, 0.15) is 6.42 Å². The van der Waals surface area contributed by atoms with Gasteiger partial charge in [0.25, 0.3) is 0 Å². The van der Waals surface area contributed by atoms with E-state index >= 15 is 0 Å². The lowest BCUT2D eigenvalue weighted by molar-refractivity contribution is -0.115. The highest BCUT2D eigenvalue weighted by atomic mass is 35.5. The molecule has 10 heteroatoms. The standard InChI is InChI=1S/C17H13ClN6OS2/c18-11-3-1-10(2-4-11)13-9-27-17-21-15(22-24(13)17)20-14(25)7-12-8-26-16-19-5-6-23(12)16/h1-4,8-9H,5-7H2,(H,20,22,25). The van der Waals surface area contributed by atoms with Crippen molar-refractivity contribution in [3.05, 3.63) is 45.8 Å². The summed E-state index contributed by atoms with van der Waals surface area (Å²) in [7, 11) is 0. The van der Waals surface area contributed by atoms with Crippen LogP contribution in [0.5, 0.6) is 0 Å². The minimum atomic E-state index is -0.138. The van der Waals surface area contributed by atoms with Gasteiger partial charge in [-0.25, -0.2) is 4.52 Å². The molecule has 0 spiro atoms. The Balaban J connectivity index is 1.33. The van der Waals surface area contributed by atoms with Crippen LogP contribution in [0.25, 0.3) is 16.2 Å². The summed E-state index contributed by atoms with van der Waals surface area (Å²) < 4.78 is 1.74. The molecule has 3 aromatic rings. The molecule has 1 amide bonds. The van der Waals surface area contributed by atoms with E-state index in [0.29, 0.717) is 11.0 Å². The SMILES string of the molecule is O=C(CC1=CSC2=NCCN12)Nc1nc2scc(-c3ccc(Cl)cc3)n2n1. The number of benzene rings is 1. The lowest BCUT2D eigenvalue weighted by Gasteiger charge is -2.15. The van der Waals surface area contributed by atoms with Gasteiger partial charge in [0.1, 0.15) is 0 Å². The van der Waals surface area contributed by atoms with Crippen molar-refractivity contribution in [2.75, 3.05) is 18.4 Å². The molecule has 2 aliphatic heterocycles. The Morgan fingerprint density at radius 3 is 3.00 bits per heavy atom. The van der Waals surface area contributed by atoms with E-state index in [-0.39, 0.29) is 12.3 Å². The smallest absolute Gasteiger partial charge is 0.250 e. The van der Waals surface area contributed by atoms with Crippen LogP contribution in [-0.2, 0) is 4.79 Å². The average molecular weight is 417 g/mol. The average Bonchev–Trinajstić information content (AvgIpc) is 3.38. The fraction of sp³-hybridized carbons (Fsp3) is 0.176. The molecule has 2 aromatic heterocycles. The van der Waals surface area contributed by atoms with Crippen molar-refractivity contribution in [1.82, 2.24) is 19.5 Å². The number of nitrogens with one attached hydrogen (secondary N) is 1. The van der Waals surface area contributed by atoms with E-state index in [0.717, 1.165) is 40.2 Å². The van der Waals surface area contributed by atoms with Gasteiger partial charge in [0.2, 0.25) is 16.8 Å². The number of hydrogen-bond acceptors (Lipinski definition) is 7. The summed E-state index contributed by atoms with van der Waals surface area (Å²) in [5, 5.41) is 12.9. The molecule has 27 heavy (non-hydrogen) atoms. The number of rotatable bonds is 4. The Hall–Kier alpha value is -2.36. The second kappa shape index (κ2) is 6.66. The number of aromatic nitrogens is 3. The highest BCUT2D eigenvalue weighted by Crippen LogP contribution is 2.31. The highest BCUT2D eigenvalue weighted by Gasteiger charge is 2.27. The predicted octanol–water partition coefficient (Wildman–Crippen LogP) is 3.70. The number of carbonyl (C=O) groups is 1. The molecule has 1 N–H and O–H groups in total. The van der Waals surface area contributed by atoms with Gasteiger partial charge in [0.05, 0.1) is 18.7 Å². The number of nitrogens with zero attached hydrogens (tertiary/aromatic N) is 5. The zero-order valence-electron chi connectivity index (χ0n) is 13.9. The van der Waals surface area contributed by atoms with E-state index in [1.54, 1.807) is 16.3 Å². The lowest BCUT2D eigenvalue weighted by Crippen LogP contribution is -2.24. The first kappa shape index (κ1) is 16.8. The third-order valence-electron chi connectivity index (χ3n) is 4.26. The summed E-state index contributed by atoms with van der Waals surface area (Å²) in [6, 6.07) is 7.54. The molecular weight excluding hydrogens is 404 g/mol.